The number of amides is 1. The van der Waals surface area contributed by atoms with Gasteiger partial charge in [-0.25, -0.2) is 4.79 Å². The van der Waals surface area contributed by atoms with E-state index in [0.717, 1.165) is 0 Å². The Balaban J connectivity index is 3.95. The Kier molecular flexibility index (Phi) is 7.49. The lowest BCUT2D eigenvalue weighted by atomic mass is 10.1. The molecule has 0 fully saturated rings. The Morgan fingerprint density at radius 3 is 2.44 bits per heavy atom. The fourth-order valence-corrected chi connectivity index (χ4v) is 1.15. The number of hydrogen-bond donors (Lipinski definition) is 4. The third-order valence-electron chi connectivity index (χ3n) is 2.32. The Morgan fingerprint density at radius 1 is 1.38 bits per heavy atom. The van der Waals surface area contributed by atoms with Crippen LogP contribution in [0.2, 0.25) is 0 Å². The maximum absolute atomic E-state index is 11.4. The number of carboxylic acid groups (broad SMARTS) is 1. The van der Waals surface area contributed by atoms with Gasteiger partial charge in [-0.2, -0.15) is 0 Å². The van der Waals surface area contributed by atoms with E-state index in [2.05, 4.69) is 5.32 Å². The number of nitrogens with two attached hydrogens (primary N) is 1. The lowest BCUT2D eigenvalue weighted by molar-refractivity contribution is -0.142. The lowest BCUT2D eigenvalue weighted by Crippen LogP contribution is -2.41. The van der Waals surface area contributed by atoms with Crippen LogP contribution in [0.4, 0.5) is 0 Å². The van der Waals surface area contributed by atoms with E-state index in [9.17, 15) is 9.59 Å². The molecular formula is C10H20N2O4. The van der Waals surface area contributed by atoms with E-state index in [-0.39, 0.29) is 31.3 Å². The van der Waals surface area contributed by atoms with Crippen molar-refractivity contribution in [2.24, 2.45) is 11.7 Å². The van der Waals surface area contributed by atoms with Crippen molar-refractivity contribution in [3.63, 3.8) is 0 Å². The van der Waals surface area contributed by atoms with Crippen LogP contribution in [-0.2, 0) is 9.59 Å². The maximum atomic E-state index is 11.4. The van der Waals surface area contributed by atoms with Crippen LogP contribution in [0.3, 0.4) is 0 Å². The number of aliphatic carboxylic acids is 1. The first-order chi connectivity index (χ1) is 7.51. The third kappa shape index (κ3) is 6.36. The smallest absolute Gasteiger partial charge is 0.326 e. The van der Waals surface area contributed by atoms with Crippen molar-refractivity contribution in [2.45, 2.75) is 32.2 Å². The Morgan fingerprint density at radius 2 is 2.00 bits per heavy atom. The number of aliphatic hydroxyl groups is 1. The SMILES string of the molecule is CC(CN)CCC(=O)N[C@@H](CCO)C(=O)O. The number of carbonyl (C=O) groups excluding carboxylic acids is 1. The van der Waals surface area contributed by atoms with Crippen molar-refractivity contribution in [3.8, 4) is 0 Å². The van der Waals surface area contributed by atoms with Gasteiger partial charge in [0, 0.05) is 19.4 Å². The van der Waals surface area contributed by atoms with Crippen molar-refractivity contribution in [3.05, 3.63) is 0 Å². The van der Waals surface area contributed by atoms with Crippen molar-refractivity contribution >= 4 is 11.9 Å². The number of rotatable bonds is 8. The topological polar surface area (TPSA) is 113 Å². The van der Waals surface area contributed by atoms with Gasteiger partial charge >= 0.3 is 5.97 Å². The van der Waals surface area contributed by atoms with Crippen LogP contribution in [0.25, 0.3) is 0 Å². The van der Waals surface area contributed by atoms with Gasteiger partial charge in [-0.3, -0.25) is 4.79 Å². The minimum atomic E-state index is -1.13. The quantitative estimate of drug-likeness (QED) is 0.442. The predicted octanol–water partition coefficient (Wildman–Crippen LogP) is -0.687. The molecule has 0 bridgehead atoms. The molecule has 5 N–H and O–H groups in total. The van der Waals surface area contributed by atoms with E-state index in [4.69, 9.17) is 15.9 Å². The summed E-state index contributed by atoms with van der Waals surface area (Å²) in [5, 5.41) is 19.7. The molecule has 0 aromatic heterocycles. The van der Waals surface area contributed by atoms with Crippen LogP contribution in [-0.4, -0.2) is 41.3 Å². The predicted molar refractivity (Wildman–Crippen MR) is 58.7 cm³/mol. The second-order valence-corrected chi connectivity index (χ2v) is 3.85. The van der Waals surface area contributed by atoms with E-state index in [0.29, 0.717) is 13.0 Å². The number of nitrogens with one attached hydrogen (secondary N) is 1. The molecule has 6 nitrogen and oxygen atoms in total. The van der Waals surface area contributed by atoms with Gasteiger partial charge in [0.25, 0.3) is 0 Å². The van der Waals surface area contributed by atoms with E-state index < -0.39 is 12.0 Å². The molecule has 0 heterocycles. The Bertz CT molecular complexity index is 233. The van der Waals surface area contributed by atoms with Crippen LogP contribution in [0, 0.1) is 5.92 Å². The molecule has 2 atom stereocenters. The summed E-state index contributed by atoms with van der Waals surface area (Å²) in [6.45, 7) is 2.17. The lowest BCUT2D eigenvalue weighted by Gasteiger charge is -2.14. The highest BCUT2D eigenvalue weighted by molar-refractivity contribution is 5.83. The van der Waals surface area contributed by atoms with Crippen molar-refractivity contribution < 1.29 is 19.8 Å². The molecule has 0 radical (unpaired) electrons. The average Bonchev–Trinajstić information content (AvgIpc) is 2.25. The summed E-state index contributed by atoms with van der Waals surface area (Å²) < 4.78 is 0. The monoisotopic (exact) mass is 232 g/mol. The zero-order valence-electron chi connectivity index (χ0n) is 9.48. The number of carbonyl (C=O) groups is 2. The van der Waals surface area contributed by atoms with Crippen LogP contribution < -0.4 is 11.1 Å². The summed E-state index contributed by atoms with van der Waals surface area (Å²) in [5.74, 6) is -1.21. The largest absolute Gasteiger partial charge is 0.480 e. The van der Waals surface area contributed by atoms with Crippen LogP contribution in [0.1, 0.15) is 26.2 Å². The Hall–Kier alpha value is -1.14. The summed E-state index contributed by atoms with van der Waals surface area (Å²) in [7, 11) is 0. The molecule has 0 saturated heterocycles. The van der Waals surface area contributed by atoms with E-state index in [1.807, 2.05) is 6.92 Å². The summed E-state index contributed by atoms with van der Waals surface area (Å²) >= 11 is 0. The minimum Gasteiger partial charge on any atom is -0.480 e. The maximum Gasteiger partial charge on any atom is 0.326 e. The van der Waals surface area contributed by atoms with Crippen LogP contribution in [0.15, 0.2) is 0 Å². The fourth-order valence-electron chi connectivity index (χ4n) is 1.15. The highest BCUT2D eigenvalue weighted by Crippen LogP contribution is 2.03. The summed E-state index contributed by atoms with van der Waals surface area (Å²) in [5.41, 5.74) is 5.40. The minimum absolute atomic E-state index is 0.0213. The molecule has 0 saturated carbocycles. The molecule has 0 rings (SSSR count). The number of carboxylic acids is 1. The van der Waals surface area contributed by atoms with Gasteiger partial charge in [-0.05, 0) is 18.9 Å². The molecule has 0 aliphatic heterocycles. The van der Waals surface area contributed by atoms with Gasteiger partial charge in [0.2, 0.25) is 5.91 Å². The van der Waals surface area contributed by atoms with Gasteiger partial charge in [0.15, 0.2) is 0 Å². The Labute approximate surface area is 94.8 Å². The molecule has 0 spiro atoms. The summed E-state index contributed by atoms with van der Waals surface area (Å²) in [6, 6.07) is -1.01. The molecule has 0 aromatic carbocycles. The molecule has 16 heavy (non-hydrogen) atoms. The highest BCUT2D eigenvalue weighted by Gasteiger charge is 2.19. The first-order valence-corrected chi connectivity index (χ1v) is 5.34. The number of aliphatic hydroxyl groups excluding tert-OH is 1. The van der Waals surface area contributed by atoms with E-state index in [1.165, 1.54) is 0 Å². The van der Waals surface area contributed by atoms with E-state index in [1.54, 1.807) is 0 Å². The first-order valence-electron chi connectivity index (χ1n) is 5.34. The third-order valence-corrected chi connectivity index (χ3v) is 2.32. The van der Waals surface area contributed by atoms with Crippen molar-refractivity contribution in [1.82, 2.24) is 5.32 Å². The molecule has 1 amide bonds. The zero-order chi connectivity index (χ0) is 12.6. The molecule has 0 aliphatic carbocycles. The van der Waals surface area contributed by atoms with Crippen LogP contribution >= 0.6 is 0 Å². The first kappa shape index (κ1) is 14.9. The van der Waals surface area contributed by atoms with Gasteiger partial charge < -0.3 is 21.3 Å². The van der Waals surface area contributed by atoms with Gasteiger partial charge in [0.1, 0.15) is 6.04 Å². The standard InChI is InChI=1S/C10H20N2O4/c1-7(6-11)2-3-9(14)12-8(4-5-13)10(15)16/h7-8,13H,2-6,11H2,1H3,(H,12,14)(H,15,16)/t7?,8-/m0/s1. The number of hydrogen-bond acceptors (Lipinski definition) is 4. The molecular weight excluding hydrogens is 212 g/mol. The molecule has 0 aromatic rings. The van der Waals surface area contributed by atoms with Gasteiger partial charge in [-0.15, -0.1) is 0 Å². The fraction of sp³-hybridized carbons (Fsp3) is 0.800. The summed E-state index contributed by atoms with van der Waals surface area (Å²) in [4.78, 5) is 22.0. The molecule has 1 unspecified atom stereocenters. The average molecular weight is 232 g/mol. The van der Waals surface area contributed by atoms with Crippen molar-refractivity contribution in [2.75, 3.05) is 13.2 Å². The molecule has 94 valence electrons. The van der Waals surface area contributed by atoms with Crippen LogP contribution in [0.5, 0.6) is 0 Å². The molecule has 6 heteroatoms. The molecule has 0 aliphatic rings. The normalized spacial score (nSPS) is 14.2. The van der Waals surface area contributed by atoms with Gasteiger partial charge in [-0.1, -0.05) is 6.92 Å². The second kappa shape index (κ2) is 8.06. The van der Waals surface area contributed by atoms with Crippen molar-refractivity contribution in [1.29, 1.82) is 0 Å². The van der Waals surface area contributed by atoms with E-state index >= 15 is 0 Å². The van der Waals surface area contributed by atoms with Gasteiger partial charge in [0.05, 0.1) is 0 Å². The zero-order valence-corrected chi connectivity index (χ0v) is 9.48. The summed E-state index contributed by atoms with van der Waals surface area (Å²) in [6.07, 6.45) is 0.912. The highest BCUT2D eigenvalue weighted by atomic mass is 16.4. The second-order valence-electron chi connectivity index (χ2n) is 3.85.